The van der Waals surface area contributed by atoms with Gasteiger partial charge in [0.25, 0.3) is 0 Å². The normalized spacial score (nSPS) is 27.3. The fraction of sp³-hybridized carbons (Fsp3) is 0.785. The number of carbonyl (C=O) groups excluding carboxylic acids is 1. The van der Waals surface area contributed by atoms with Crippen molar-refractivity contribution in [3.63, 3.8) is 0 Å². The Kier molecular flexibility index (Phi) is 53.7. The number of amides is 1. The number of hydrogen-bond donors (Lipinski definition) is 12. The Bertz CT molecular complexity index is 2150. The van der Waals surface area contributed by atoms with E-state index in [1.165, 1.54) is 154 Å². The second-order valence-corrected chi connectivity index (χ2v) is 27.1. The van der Waals surface area contributed by atoms with Crippen molar-refractivity contribution in [3.8, 4) is 0 Å². The molecule has 3 rings (SSSR count). The number of aliphatic hydroxyl groups is 11. The zero-order valence-electron chi connectivity index (χ0n) is 60.2. The molecule has 17 unspecified atom stereocenters. The molecule has 1 amide bonds. The van der Waals surface area contributed by atoms with Crippen LogP contribution in [-0.4, -0.2) is 193 Å². The number of allylic oxidation sites excluding steroid dienone is 15. The lowest BCUT2D eigenvalue weighted by Crippen LogP contribution is -2.66. The molecule has 3 aliphatic rings. The third kappa shape index (κ3) is 39.4. The van der Waals surface area contributed by atoms with E-state index in [1.54, 1.807) is 6.08 Å². The van der Waals surface area contributed by atoms with Crippen LogP contribution in [0.15, 0.2) is 97.2 Å². The maximum absolute atomic E-state index is 13.4. The smallest absolute Gasteiger partial charge is 0.220 e. The van der Waals surface area contributed by atoms with Gasteiger partial charge in [-0.1, -0.05) is 272 Å². The van der Waals surface area contributed by atoms with Gasteiger partial charge in [-0.3, -0.25) is 4.79 Å². The number of nitrogens with one attached hydrogen (secondary N) is 1. The van der Waals surface area contributed by atoms with E-state index in [2.05, 4.69) is 104 Å². The zero-order chi connectivity index (χ0) is 71.1. The van der Waals surface area contributed by atoms with E-state index in [0.29, 0.717) is 12.8 Å². The highest BCUT2D eigenvalue weighted by atomic mass is 16.8. The number of carbonyl (C=O) groups is 1. The molecule has 0 aromatic heterocycles. The Morgan fingerprint density at radius 1 is 0.378 bits per heavy atom. The number of ether oxygens (including phenoxy) is 6. The lowest BCUT2D eigenvalue weighted by atomic mass is 9.96. The summed E-state index contributed by atoms with van der Waals surface area (Å²) < 4.78 is 34.3. The van der Waals surface area contributed by atoms with E-state index >= 15 is 0 Å². The number of rotatable bonds is 59. The summed E-state index contributed by atoms with van der Waals surface area (Å²) in [5, 5.41) is 120. The summed E-state index contributed by atoms with van der Waals surface area (Å²) in [5.74, 6) is -0.290. The molecule has 12 N–H and O–H groups in total. The molecule has 3 aliphatic heterocycles. The van der Waals surface area contributed by atoms with Crippen LogP contribution in [0.25, 0.3) is 0 Å². The van der Waals surface area contributed by atoms with E-state index < -0.39 is 124 Å². The van der Waals surface area contributed by atoms with Crippen LogP contribution >= 0.6 is 0 Å². The van der Waals surface area contributed by atoms with Crippen LogP contribution in [0.2, 0.25) is 0 Å². The molecule has 0 radical (unpaired) electrons. The Hall–Kier alpha value is -3.29. The van der Waals surface area contributed by atoms with Gasteiger partial charge in [0.15, 0.2) is 18.9 Å². The average molecular weight is 1390 g/mol. The van der Waals surface area contributed by atoms with Crippen molar-refractivity contribution in [2.75, 3.05) is 26.4 Å². The highest BCUT2D eigenvalue weighted by molar-refractivity contribution is 5.76. The zero-order valence-corrected chi connectivity index (χ0v) is 60.2. The van der Waals surface area contributed by atoms with E-state index in [-0.39, 0.29) is 18.9 Å². The van der Waals surface area contributed by atoms with Crippen molar-refractivity contribution < 1.29 is 89.4 Å². The van der Waals surface area contributed by atoms with Crippen LogP contribution in [0, 0.1) is 0 Å². The van der Waals surface area contributed by atoms with Crippen LogP contribution in [0.1, 0.15) is 264 Å². The van der Waals surface area contributed by atoms with Gasteiger partial charge in [-0.05, 0) is 83.5 Å². The third-order valence-electron chi connectivity index (χ3n) is 18.6. The molecule has 19 nitrogen and oxygen atoms in total. The van der Waals surface area contributed by atoms with E-state index in [1.807, 2.05) is 6.08 Å². The maximum atomic E-state index is 13.4. The second kappa shape index (κ2) is 59.1. The molecule has 3 fully saturated rings. The largest absolute Gasteiger partial charge is 0.394 e. The SMILES string of the molecule is CC/C=C\C/C=C\C/C=C\C/C=C\C/C=C\CCCCCCCCCCCCCCCCCCCCCCCCCCCC(=O)NC(COC1OC(CO)C(OC2OC(CO)C(OC3OC(CO)C(O)C(O)C3O)C(O)C2O)C(O)C1O)C(O)/C=C/CC/C=C/CC/C=C/CCCC. The van der Waals surface area contributed by atoms with Gasteiger partial charge in [-0.25, -0.2) is 0 Å². The molecular formula is C79H137NO18. The van der Waals surface area contributed by atoms with Crippen molar-refractivity contribution in [1.29, 1.82) is 0 Å². The monoisotopic (exact) mass is 1390 g/mol. The van der Waals surface area contributed by atoms with Crippen LogP contribution in [-0.2, 0) is 33.2 Å². The van der Waals surface area contributed by atoms with Crippen molar-refractivity contribution in [3.05, 3.63) is 97.2 Å². The molecule has 0 saturated carbocycles. The average Bonchev–Trinajstić information content (AvgIpc) is 0.785. The summed E-state index contributed by atoms with van der Waals surface area (Å²) >= 11 is 0. The summed E-state index contributed by atoms with van der Waals surface area (Å²) in [6, 6.07) is -0.998. The fourth-order valence-corrected chi connectivity index (χ4v) is 12.4. The first-order chi connectivity index (χ1) is 47.8. The first kappa shape index (κ1) is 88.9. The van der Waals surface area contributed by atoms with Gasteiger partial charge in [0.2, 0.25) is 5.91 Å². The molecule has 3 saturated heterocycles. The summed E-state index contributed by atoms with van der Waals surface area (Å²) in [7, 11) is 0. The summed E-state index contributed by atoms with van der Waals surface area (Å²) in [6.07, 6.45) is 53.0. The molecule has 17 atom stereocenters. The highest BCUT2D eigenvalue weighted by Gasteiger charge is 2.53. The fourth-order valence-electron chi connectivity index (χ4n) is 12.4. The lowest BCUT2D eigenvalue weighted by Gasteiger charge is -2.48. The van der Waals surface area contributed by atoms with Gasteiger partial charge in [0.1, 0.15) is 73.2 Å². The minimum absolute atomic E-state index is 0.231. The summed E-state index contributed by atoms with van der Waals surface area (Å²) in [4.78, 5) is 13.4. The third-order valence-corrected chi connectivity index (χ3v) is 18.6. The molecule has 3 heterocycles. The first-order valence-electron chi connectivity index (χ1n) is 38.5. The minimum Gasteiger partial charge on any atom is -0.394 e. The molecule has 566 valence electrons. The Morgan fingerprint density at radius 3 is 1.14 bits per heavy atom. The summed E-state index contributed by atoms with van der Waals surface area (Å²) in [6.45, 7) is 1.53. The van der Waals surface area contributed by atoms with Crippen molar-refractivity contribution in [2.45, 2.75) is 369 Å². The molecule has 98 heavy (non-hydrogen) atoms. The molecule has 0 bridgehead atoms. The first-order valence-corrected chi connectivity index (χ1v) is 38.5. The van der Waals surface area contributed by atoms with Gasteiger partial charge in [-0.15, -0.1) is 0 Å². The molecular weight excluding hydrogens is 1250 g/mol. The van der Waals surface area contributed by atoms with E-state index in [9.17, 15) is 61.0 Å². The highest BCUT2D eigenvalue weighted by Crippen LogP contribution is 2.33. The quantitative estimate of drug-likeness (QED) is 0.0199. The van der Waals surface area contributed by atoms with Gasteiger partial charge < -0.3 is 89.9 Å². The molecule has 0 spiro atoms. The number of unbranched alkanes of at least 4 members (excludes halogenated alkanes) is 29. The standard InChI is InChI=1S/C79H137NO18/c1-3-5-7-9-11-13-15-17-18-19-20-21-22-23-24-25-26-27-28-29-30-31-32-33-34-35-36-37-38-39-40-41-42-43-44-45-47-49-51-53-55-57-67(85)80-62(63(84)56-54-52-50-48-46-16-14-12-10-8-6-4-2)61-93-77-73(91)70(88)75(65(59-82)95-77)98-79-74(92)71(89)76(66(60-83)96-79)97-78-72(90)69(87)68(86)64(58-81)94-78/h5,7,10-13,17-18,20-21,23-24,46,48,54,56,62-66,68-79,81-84,86-92H,3-4,6,8-9,14-16,19,22,25-45,47,49-53,55,57-61H2,1-2H3,(H,80,85)/b7-5-,12-10+,13-11-,18-17-,21-20-,24-23-,48-46+,56-54+. The molecule has 19 heteroatoms. The Labute approximate surface area is 590 Å². The van der Waals surface area contributed by atoms with Gasteiger partial charge in [0.05, 0.1) is 38.6 Å². The Morgan fingerprint density at radius 2 is 0.714 bits per heavy atom. The minimum atomic E-state index is -1.98. The van der Waals surface area contributed by atoms with Crippen molar-refractivity contribution in [1.82, 2.24) is 5.32 Å². The van der Waals surface area contributed by atoms with Gasteiger partial charge >= 0.3 is 0 Å². The lowest BCUT2D eigenvalue weighted by molar-refractivity contribution is -0.379. The number of aliphatic hydroxyl groups excluding tert-OH is 11. The van der Waals surface area contributed by atoms with Crippen LogP contribution in [0.5, 0.6) is 0 Å². The van der Waals surface area contributed by atoms with Crippen LogP contribution in [0.4, 0.5) is 0 Å². The van der Waals surface area contributed by atoms with E-state index in [4.69, 9.17) is 28.4 Å². The van der Waals surface area contributed by atoms with E-state index in [0.717, 1.165) is 77.0 Å². The predicted octanol–water partition coefficient (Wildman–Crippen LogP) is 12.0. The van der Waals surface area contributed by atoms with Crippen LogP contribution in [0.3, 0.4) is 0 Å². The van der Waals surface area contributed by atoms with Crippen LogP contribution < -0.4 is 5.32 Å². The second-order valence-electron chi connectivity index (χ2n) is 27.1. The van der Waals surface area contributed by atoms with Crippen molar-refractivity contribution >= 4 is 5.91 Å². The van der Waals surface area contributed by atoms with Crippen molar-refractivity contribution in [2.24, 2.45) is 0 Å². The topological polar surface area (TPSA) is 307 Å². The number of hydrogen-bond acceptors (Lipinski definition) is 18. The molecule has 0 aliphatic carbocycles. The van der Waals surface area contributed by atoms with Gasteiger partial charge in [0, 0.05) is 6.42 Å². The molecule has 0 aromatic rings. The maximum Gasteiger partial charge on any atom is 0.220 e. The molecule has 0 aromatic carbocycles. The Balaban J connectivity index is 1.27. The predicted molar refractivity (Wildman–Crippen MR) is 387 cm³/mol. The van der Waals surface area contributed by atoms with Gasteiger partial charge in [-0.2, -0.15) is 0 Å². The summed E-state index contributed by atoms with van der Waals surface area (Å²) in [5.41, 5.74) is 0.